The molecule has 0 saturated carbocycles. The molecule has 1 aliphatic rings. The van der Waals surface area contributed by atoms with Crippen molar-refractivity contribution in [3.05, 3.63) is 21.6 Å². The van der Waals surface area contributed by atoms with Crippen molar-refractivity contribution in [2.45, 2.75) is 37.9 Å². The van der Waals surface area contributed by atoms with Crippen molar-refractivity contribution in [2.24, 2.45) is 0 Å². The number of aryl methyl sites for hydroxylation is 1. The van der Waals surface area contributed by atoms with Gasteiger partial charge in [0, 0.05) is 24.4 Å². The first-order valence-corrected chi connectivity index (χ1v) is 7.63. The van der Waals surface area contributed by atoms with Crippen LogP contribution in [0.2, 0.25) is 0 Å². The maximum Gasteiger partial charge on any atom is 0.254 e. The summed E-state index contributed by atoms with van der Waals surface area (Å²) in [5.74, 6) is 0.157. The van der Waals surface area contributed by atoms with Crippen LogP contribution in [-0.2, 0) is 9.53 Å². The molecule has 1 aliphatic heterocycles. The first-order valence-electron chi connectivity index (χ1n) is 6.65. The van der Waals surface area contributed by atoms with Crippen LogP contribution < -0.4 is 10.9 Å². The van der Waals surface area contributed by atoms with Crippen molar-refractivity contribution >= 4 is 17.7 Å². The summed E-state index contributed by atoms with van der Waals surface area (Å²) in [5.41, 5.74) is 1.15. The van der Waals surface area contributed by atoms with Crippen LogP contribution in [0.5, 0.6) is 0 Å². The Morgan fingerprint density at radius 2 is 2.35 bits per heavy atom. The number of nitrogens with zero attached hydrogens (tertiary/aromatic N) is 1. The molecule has 1 amide bonds. The Balaban J connectivity index is 1.79. The number of hydrogen-bond donors (Lipinski definition) is 2. The van der Waals surface area contributed by atoms with Gasteiger partial charge in [-0.25, -0.2) is 4.98 Å². The van der Waals surface area contributed by atoms with E-state index in [0.717, 1.165) is 19.4 Å². The number of hydrogen-bond acceptors (Lipinski definition) is 5. The van der Waals surface area contributed by atoms with Crippen molar-refractivity contribution in [3.8, 4) is 0 Å². The standard InChI is InChI=1S/C13H19N3O3S/c1-8-9(2)15-13(16-12(8)18)20-7-11(17)14-6-10-4-3-5-19-10/h10H,3-7H2,1-2H3,(H,14,17)(H,15,16,18)/t10-/m1/s1. The molecule has 1 aromatic rings. The molecule has 0 aromatic carbocycles. The first kappa shape index (κ1) is 15.1. The summed E-state index contributed by atoms with van der Waals surface area (Å²) in [4.78, 5) is 30.2. The van der Waals surface area contributed by atoms with Crippen LogP contribution in [0.3, 0.4) is 0 Å². The van der Waals surface area contributed by atoms with Crippen LogP contribution in [0.1, 0.15) is 24.1 Å². The van der Waals surface area contributed by atoms with Gasteiger partial charge in [-0.05, 0) is 26.7 Å². The quantitative estimate of drug-likeness (QED) is 0.619. The minimum absolute atomic E-state index is 0.0774. The highest BCUT2D eigenvalue weighted by Crippen LogP contribution is 2.13. The Bertz CT molecular complexity index is 538. The third-order valence-corrected chi connectivity index (χ3v) is 4.14. The SMILES string of the molecule is Cc1nc(SCC(=O)NC[C@H]2CCCO2)[nH]c(=O)c1C. The largest absolute Gasteiger partial charge is 0.376 e. The van der Waals surface area contributed by atoms with Gasteiger partial charge in [-0.15, -0.1) is 0 Å². The second kappa shape index (κ2) is 6.90. The fourth-order valence-corrected chi connectivity index (χ4v) is 2.64. The highest BCUT2D eigenvalue weighted by molar-refractivity contribution is 7.99. The zero-order chi connectivity index (χ0) is 14.5. The second-order valence-corrected chi connectivity index (χ2v) is 5.77. The maximum atomic E-state index is 11.7. The zero-order valence-corrected chi connectivity index (χ0v) is 12.5. The molecule has 110 valence electrons. The average molecular weight is 297 g/mol. The average Bonchev–Trinajstić information content (AvgIpc) is 2.93. The topological polar surface area (TPSA) is 84.1 Å². The minimum atomic E-state index is -0.153. The molecule has 6 nitrogen and oxygen atoms in total. The number of ether oxygens (including phenoxy) is 1. The minimum Gasteiger partial charge on any atom is -0.376 e. The number of thioether (sulfide) groups is 1. The van der Waals surface area contributed by atoms with E-state index in [1.807, 2.05) is 0 Å². The van der Waals surface area contributed by atoms with Gasteiger partial charge in [0.1, 0.15) is 0 Å². The van der Waals surface area contributed by atoms with Gasteiger partial charge in [0.25, 0.3) is 5.56 Å². The fraction of sp³-hybridized carbons (Fsp3) is 0.615. The van der Waals surface area contributed by atoms with E-state index in [1.54, 1.807) is 13.8 Å². The Morgan fingerprint density at radius 1 is 1.55 bits per heavy atom. The second-order valence-electron chi connectivity index (χ2n) is 4.81. The van der Waals surface area contributed by atoms with Gasteiger partial charge >= 0.3 is 0 Å². The third kappa shape index (κ3) is 4.08. The maximum absolute atomic E-state index is 11.7. The Hall–Kier alpha value is -1.34. The molecule has 1 aromatic heterocycles. The molecule has 1 fully saturated rings. The first-order chi connectivity index (χ1) is 9.56. The highest BCUT2D eigenvalue weighted by Gasteiger charge is 2.16. The Morgan fingerprint density at radius 3 is 3.00 bits per heavy atom. The van der Waals surface area contributed by atoms with Crippen LogP contribution in [-0.4, -0.2) is 40.9 Å². The summed E-state index contributed by atoms with van der Waals surface area (Å²) in [7, 11) is 0. The van der Waals surface area contributed by atoms with E-state index in [4.69, 9.17) is 4.74 Å². The summed E-state index contributed by atoms with van der Waals surface area (Å²) in [6.07, 6.45) is 2.20. The molecular weight excluding hydrogens is 278 g/mol. The molecule has 0 radical (unpaired) electrons. The number of H-pyrrole nitrogens is 1. The smallest absolute Gasteiger partial charge is 0.254 e. The number of aromatic amines is 1. The van der Waals surface area contributed by atoms with E-state index < -0.39 is 0 Å². The molecule has 2 N–H and O–H groups in total. The molecule has 0 unspecified atom stereocenters. The molecule has 2 rings (SSSR count). The van der Waals surface area contributed by atoms with Gasteiger partial charge in [0.05, 0.1) is 11.9 Å². The van der Waals surface area contributed by atoms with Gasteiger partial charge in [-0.3, -0.25) is 9.59 Å². The molecule has 20 heavy (non-hydrogen) atoms. The number of carbonyl (C=O) groups excluding carboxylic acids is 1. The molecule has 2 heterocycles. The molecule has 0 spiro atoms. The lowest BCUT2D eigenvalue weighted by Gasteiger charge is -2.10. The number of amides is 1. The lowest BCUT2D eigenvalue weighted by atomic mass is 10.2. The van der Waals surface area contributed by atoms with Crippen molar-refractivity contribution in [3.63, 3.8) is 0 Å². The number of rotatable bonds is 5. The number of nitrogens with one attached hydrogen (secondary N) is 2. The third-order valence-electron chi connectivity index (χ3n) is 3.26. The molecule has 0 aliphatic carbocycles. The van der Waals surface area contributed by atoms with Gasteiger partial charge in [-0.2, -0.15) is 0 Å². The van der Waals surface area contributed by atoms with Gasteiger partial charge in [0.2, 0.25) is 5.91 Å². The summed E-state index contributed by atoms with van der Waals surface area (Å²) in [6, 6.07) is 0. The lowest BCUT2D eigenvalue weighted by molar-refractivity contribution is -0.119. The van der Waals surface area contributed by atoms with E-state index in [9.17, 15) is 9.59 Å². The summed E-state index contributed by atoms with van der Waals surface area (Å²) >= 11 is 1.23. The van der Waals surface area contributed by atoms with Crippen LogP contribution in [0.25, 0.3) is 0 Å². The van der Waals surface area contributed by atoms with E-state index >= 15 is 0 Å². The van der Waals surface area contributed by atoms with E-state index in [1.165, 1.54) is 11.8 Å². The number of aromatic nitrogens is 2. The summed E-state index contributed by atoms with van der Waals surface area (Å²) in [6.45, 7) is 4.84. The molecule has 0 bridgehead atoms. The Labute approximate surface area is 121 Å². The molecule has 7 heteroatoms. The zero-order valence-electron chi connectivity index (χ0n) is 11.7. The van der Waals surface area contributed by atoms with Crippen molar-refractivity contribution in [1.82, 2.24) is 15.3 Å². The monoisotopic (exact) mass is 297 g/mol. The normalized spacial score (nSPS) is 18.2. The molecule has 1 atom stereocenters. The van der Waals surface area contributed by atoms with Gasteiger partial charge < -0.3 is 15.0 Å². The highest BCUT2D eigenvalue weighted by atomic mass is 32.2. The van der Waals surface area contributed by atoms with E-state index in [2.05, 4.69) is 15.3 Å². The summed E-state index contributed by atoms with van der Waals surface area (Å²) < 4.78 is 5.43. The van der Waals surface area contributed by atoms with Crippen LogP contribution in [0, 0.1) is 13.8 Å². The predicted octanol–water partition coefficient (Wildman–Crippen LogP) is 0.774. The van der Waals surface area contributed by atoms with E-state index in [0.29, 0.717) is 23.0 Å². The molecule has 1 saturated heterocycles. The van der Waals surface area contributed by atoms with Crippen LogP contribution in [0.4, 0.5) is 0 Å². The van der Waals surface area contributed by atoms with Crippen molar-refractivity contribution < 1.29 is 9.53 Å². The lowest BCUT2D eigenvalue weighted by Crippen LogP contribution is -2.33. The van der Waals surface area contributed by atoms with Gasteiger partial charge in [0.15, 0.2) is 5.16 Å². The Kier molecular flexibility index (Phi) is 5.19. The fourth-order valence-electron chi connectivity index (χ4n) is 1.91. The van der Waals surface area contributed by atoms with Crippen LogP contribution in [0.15, 0.2) is 9.95 Å². The predicted molar refractivity (Wildman–Crippen MR) is 77.0 cm³/mol. The van der Waals surface area contributed by atoms with E-state index in [-0.39, 0.29) is 23.3 Å². The molecular formula is C13H19N3O3S. The van der Waals surface area contributed by atoms with Crippen molar-refractivity contribution in [1.29, 1.82) is 0 Å². The summed E-state index contributed by atoms with van der Waals surface area (Å²) in [5, 5.41) is 3.31. The number of carbonyl (C=O) groups is 1. The van der Waals surface area contributed by atoms with Crippen molar-refractivity contribution in [2.75, 3.05) is 18.9 Å². The van der Waals surface area contributed by atoms with Gasteiger partial charge in [-0.1, -0.05) is 11.8 Å². The van der Waals surface area contributed by atoms with Crippen LogP contribution >= 0.6 is 11.8 Å².